The number of amides is 2. The highest BCUT2D eigenvalue weighted by molar-refractivity contribution is 5.99. The summed E-state index contributed by atoms with van der Waals surface area (Å²) in [5.41, 5.74) is 1.06. The van der Waals surface area contributed by atoms with Crippen LogP contribution < -0.4 is 5.32 Å². The second-order valence-electron chi connectivity index (χ2n) is 3.92. The molecular formula is C12H13NO2. The van der Waals surface area contributed by atoms with E-state index in [-0.39, 0.29) is 23.7 Å². The SMILES string of the molecule is CC1C(=O)NC(=O)CC1c1ccccc1. The van der Waals surface area contributed by atoms with Crippen LogP contribution in [0.15, 0.2) is 30.3 Å². The highest BCUT2D eigenvalue weighted by Gasteiger charge is 2.33. The Morgan fingerprint density at radius 1 is 1.20 bits per heavy atom. The smallest absolute Gasteiger partial charge is 0.230 e. The predicted molar refractivity (Wildman–Crippen MR) is 56.1 cm³/mol. The van der Waals surface area contributed by atoms with Gasteiger partial charge in [0.2, 0.25) is 11.8 Å². The fraction of sp³-hybridized carbons (Fsp3) is 0.333. The molecule has 1 N–H and O–H groups in total. The summed E-state index contributed by atoms with van der Waals surface area (Å²) >= 11 is 0. The van der Waals surface area contributed by atoms with E-state index in [1.807, 2.05) is 37.3 Å². The molecule has 1 saturated heterocycles. The van der Waals surface area contributed by atoms with E-state index in [4.69, 9.17) is 0 Å². The lowest BCUT2D eigenvalue weighted by atomic mass is 9.81. The van der Waals surface area contributed by atoms with Crippen LogP contribution in [0.2, 0.25) is 0 Å². The second-order valence-corrected chi connectivity index (χ2v) is 3.92. The van der Waals surface area contributed by atoms with E-state index >= 15 is 0 Å². The minimum atomic E-state index is -0.174. The van der Waals surface area contributed by atoms with Gasteiger partial charge in [-0.2, -0.15) is 0 Å². The highest BCUT2D eigenvalue weighted by atomic mass is 16.2. The van der Waals surface area contributed by atoms with Crippen molar-refractivity contribution in [3.63, 3.8) is 0 Å². The molecule has 2 atom stereocenters. The Balaban J connectivity index is 2.28. The largest absolute Gasteiger partial charge is 0.296 e. The molecule has 0 radical (unpaired) electrons. The average Bonchev–Trinajstić information content (AvgIpc) is 2.24. The van der Waals surface area contributed by atoms with E-state index in [0.717, 1.165) is 5.56 Å². The van der Waals surface area contributed by atoms with Crippen LogP contribution in [-0.4, -0.2) is 11.8 Å². The first-order chi connectivity index (χ1) is 7.18. The zero-order chi connectivity index (χ0) is 10.8. The van der Waals surface area contributed by atoms with Crippen LogP contribution in [0.4, 0.5) is 0 Å². The number of imide groups is 1. The zero-order valence-corrected chi connectivity index (χ0v) is 8.57. The van der Waals surface area contributed by atoms with Crippen molar-refractivity contribution >= 4 is 11.8 Å². The zero-order valence-electron chi connectivity index (χ0n) is 8.57. The van der Waals surface area contributed by atoms with Gasteiger partial charge in [-0.1, -0.05) is 37.3 Å². The van der Waals surface area contributed by atoms with Crippen LogP contribution in [-0.2, 0) is 9.59 Å². The predicted octanol–water partition coefficient (Wildman–Crippen LogP) is 1.45. The summed E-state index contributed by atoms with van der Waals surface area (Å²) in [6.07, 6.45) is 0.400. The number of carbonyl (C=O) groups excluding carboxylic acids is 2. The Kier molecular flexibility index (Phi) is 2.54. The van der Waals surface area contributed by atoms with Gasteiger partial charge in [-0.3, -0.25) is 14.9 Å². The van der Waals surface area contributed by atoms with Crippen LogP contribution in [0.5, 0.6) is 0 Å². The number of hydrogen-bond donors (Lipinski definition) is 1. The van der Waals surface area contributed by atoms with Crippen LogP contribution >= 0.6 is 0 Å². The quantitative estimate of drug-likeness (QED) is 0.702. The van der Waals surface area contributed by atoms with Crippen molar-refractivity contribution in [3.8, 4) is 0 Å². The van der Waals surface area contributed by atoms with Crippen LogP contribution in [0.25, 0.3) is 0 Å². The summed E-state index contributed by atoms with van der Waals surface area (Å²) < 4.78 is 0. The number of piperidine rings is 1. The number of rotatable bonds is 1. The van der Waals surface area contributed by atoms with Gasteiger partial charge in [-0.25, -0.2) is 0 Å². The van der Waals surface area contributed by atoms with Gasteiger partial charge in [0.15, 0.2) is 0 Å². The van der Waals surface area contributed by atoms with Crippen molar-refractivity contribution in [2.45, 2.75) is 19.3 Å². The van der Waals surface area contributed by atoms with E-state index in [2.05, 4.69) is 5.32 Å². The van der Waals surface area contributed by atoms with Crippen molar-refractivity contribution in [2.75, 3.05) is 0 Å². The third-order valence-electron chi connectivity index (χ3n) is 2.91. The monoisotopic (exact) mass is 203 g/mol. The summed E-state index contributed by atoms with van der Waals surface area (Å²) in [7, 11) is 0. The summed E-state index contributed by atoms with van der Waals surface area (Å²) in [5.74, 6) is -0.454. The van der Waals surface area contributed by atoms with Crippen molar-refractivity contribution in [1.29, 1.82) is 0 Å². The molecule has 0 bridgehead atoms. The lowest BCUT2D eigenvalue weighted by Crippen LogP contribution is -2.43. The van der Waals surface area contributed by atoms with Crippen LogP contribution in [0.1, 0.15) is 24.8 Å². The molecule has 78 valence electrons. The molecule has 2 unspecified atom stereocenters. The second kappa shape index (κ2) is 3.85. The van der Waals surface area contributed by atoms with Gasteiger partial charge in [0.1, 0.15) is 0 Å². The third-order valence-corrected chi connectivity index (χ3v) is 2.91. The molecular weight excluding hydrogens is 190 g/mol. The molecule has 0 aliphatic carbocycles. The number of nitrogens with one attached hydrogen (secondary N) is 1. The fourth-order valence-electron chi connectivity index (χ4n) is 1.97. The van der Waals surface area contributed by atoms with E-state index in [1.54, 1.807) is 0 Å². The average molecular weight is 203 g/mol. The molecule has 1 aromatic carbocycles. The van der Waals surface area contributed by atoms with E-state index < -0.39 is 0 Å². The van der Waals surface area contributed by atoms with Gasteiger partial charge in [-0.05, 0) is 5.56 Å². The number of carbonyl (C=O) groups is 2. The Hall–Kier alpha value is -1.64. The first kappa shape index (κ1) is 9.90. The minimum Gasteiger partial charge on any atom is -0.296 e. The van der Waals surface area contributed by atoms with Gasteiger partial charge in [0.05, 0.1) is 0 Å². The fourth-order valence-corrected chi connectivity index (χ4v) is 1.97. The molecule has 0 spiro atoms. The molecule has 0 saturated carbocycles. The molecule has 1 heterocycles. The Morgan fingerprint density at radius 2 is 1.87 bits per heavy atom. The molecule has 1 aliphatic rings. The van der Waals surface area contributed by atoms with E-state index in [9.17, 15) is 9.59 Å². The maximum Gasteiger partial charge on any atom is 0.230 e. The summed E-state index contributed by atoms with van der Waals surface area (Å²) in [5, 5.41) is 2.35. The first-order valence-corrected chi connectivity index (χ1v) is 5.07. The summed E-state index contributed by atoms with van der Waals surface area (Å²) in [6, 6.07) is 9.72. The van der Waals surface area contributed by atoms with Gasteiger partial charge >= 0.3 is 0 Å². The highest BCUT2D eigenvalue weighted by Crippen LogP contribution is 2.30. The number of benzene rings is 1. The van der Waals surface area contributed by atoms with Crippen molar-refractivity contribution in [1.82, 2.24) is 5.32 Å². The van der Waals surface area contributed by atoms with Gasteiger partial charge < -0.3 is 0 Å². The van der Waals surface area contributed by atoms with Gasteiger partial charge in [0.25, 0.3) is 0 Å². The molecule has 1 fully saturated rings. The van der Waals surface area contributed by atoms with Crippen molar-refractivity contribution in [3.05, 3.63) is 35.9 Å². The van der Waals surface area contributed by atoms with Crippen LogP contribution in [0, 0.1) is 5.92 Å². The maximum absolute atomic E-state index is 11.5. The first-order valence-electron chi connectivity index (χ1n) is 5.07. The van der Waals surface area contributed by atoms with Crippen molar-refractivity contribution < 1.29 is 9.59 Å². The molecule has 1 aromatic rings. The van der Waals surface area contributed by atoms with Crippen molar-refractivity contribution in [2.24, 2.45) is 5.92 Å². The summed E-state index contributed by atoms with van der Waals surface area (Å²) in [4.78, 5) is 22.7. The van der Waals surface area contributed by atoms with Gasteiger partial charge in [-0.15, -0.1) is 0 Å². The molecule has 15 heavy (non-hydrogen) atoms. The van der Waals surface area contributed by atoms with E-state index in [1.165, 1.54) is 0 Å². The Morgan fingerprint density at radius 3 is 2.53 bits per heavy atom. The summed E-state index contributed by atoms with van der Waals surface area (Å²) in [6.45, 7) is 1.86. The Bertz CT molecular complexity index is 386. The standard InChI is InChI=1S/C12H13NO2/c1-8-10(7-11(14)13-12(8)15)9-5-3-2-4-6-9/h2-6,8,10H,7H2,1H3,(H,13,14,15). The Labute approximate surface area is 88.5 Å². The van der Waals surface area contributed by atoms with Gasteiger partial charge in [0, 0.05) is 18.3 Å². The topological polar surface area (TPSA) is 46.2 Å². The lowest BCUT2D eigenvalue weighted by molar-refractivity contribution is -0.136. The minimum absolute atomic E-state index is 0.0208. The maximum atomic E-state index is 11.5. The third kappa shape index (κ3) is 1.91. The molecule has 1 aliphatic heterocycles. The normalized spacial score (nSPS) is 26.2. The molecule has 2 amide bonds. The molecule has 2 rings (SSSR count). The van der Waals surface area contributed by atoms with E-state index in [0.29, 0.717) is 6.42 Å². The molecule has 3 heteroatoms. The number of hydrogen-bond acceptors (Lipinski definition) is 2. The van der Waals surface area contributed by atoms with Crippen LogP contribution in [0.3, 0.4) is 0 Å². The lowest BCUT2D eigenvalue weighted by Gasteiger charge is -2.27. The molecule has 3 nitrogen and oxygen atoms in total. The molecule has 0 aromatic heterocycles.